The number of halogens is 1. The summed E-state index contributed by atoms with van der Waals surface area (Å²) in [7, 11) is -4.31. The fraction of sp³-hybridized carbons (Fsp3) is 0.348. The number of likely N-dealkylation sites (N-methyl/N-ethyl adjacent to an activating group) is 1. The molecular formula is C23H23ClN7NaO12S2. The summed E-state index contributed by atoms with van der Waals surface area (Å²) >= 11 is 6.30. The van der Waals surface area contributed by atoms with Gasteiger partial charge in [-0.05, 0) is 31.5 Å². The van der Waals surface area contributed by atoms with E-state index in [4.69, 9.17) is 21.2 Å². The summed E-state index contributed by atoms with van der Waals surface area (Å²) in [5, 5.41) is 22.3. The van der Waals surface area contributed by atoms with Crippen molar-refractivity contribution in [1.29, 1.82) is 0 Å². The van der Waals surface area contributed by atoms with E-state index >= 15 is 0 Å². The van der Waals surface area contributed by atoms with Crippen LogP contribution in [0.15, 0.2) is 34.8 Å². The number of rotatable bonds is 13. The number of hydrogen-bond donors (Lipinski definition) is 3. The molecule has 2 atom stereocenters. The van der Waals surface area contributed by atoms with E-state index in [1.165, 1.54) is 43.5 Å². The van der Waals surface area contributed by atoms with Crippen LogP contribution >= 0.6 is 22.9 Å². The van der Waals surface area contributed by atoms with Crippen molar-refractivity contribution in [2.45, 2.75) is 38.1 Å². The molecule has 4 amide bonds. The number of non-ortho nitro benzene ring substituents is 1. The molecule has 46 heavy (non-hydrogen) atoms. The van der Waals surface area contributed by atoms with Crippen molar-refractivity contribution in [3.05, 3.63) is 51.0 Å². The summed E-state index contributed by atoms with van der Waals surface area (Å²) in [4.78, 5) is 82.0. The monoisotopic (exact) mass is 711 g/mol. The first kappa shape index (κ1) is 38.5. The van der Waals surface area contributed by atoms with Gasteiger partial charge in [0.1, 0.15) is 24.2 Å². The van der Waals surface area contributed by atoms with Gasteiger partial charge in [0.15, 0.2) is 27.2 Å². The molecule has 1 aliphatic rings. The molecule has 3 N–H and O–H groups in total. The standard InChI is InChI=1S/C23H24ClN7O12S2.Na/c1-23(2,21(36)42-9-11-4-6-12(7-5-11)31(37)38)43-29-15(13-10-44-22(26-13)27-14(32)8-24)18(33)28-16-17(19(34)25-3)30(20(16)35)45(39,40)41;/h4-7,10,16-17H,8-9H2,1-3H3,(H,25,34)(H,28,33)(H,26,27,32)(H,39,40,41);/q;+1/p-1/t16-,17-;/m0./s1. The number of benzene rings is 1. The van der Waals surface area contributed by atoms with Crippen molar-refractivity contribution in [2.24, 2.45) is 5.16 Å². The number of oxime groups is 1. The Morgan fingerprint density at radius 2 is 1.85 bits per heavy atom. The third-order valence-electron chi connectivity index (χ3n) is 5.80. The first-order valence-electron chi connectivity index (χ1n) is 12.3. The first-order valence-corrected chi connectivity index (χ1v) is 15.1. The molecule has 1 aromatic carbocycles. The van der Waals surface area contributed by atoms with E-state index in [1.807, 2.05) is 0 Å². The van der Waals surface area contributed by atoms with E-state index in [-0.39, 0.29) is 57.0 Å². The predicted molar refractivity (Wildman–Crippen MR) is 152 cm³/mol. The molecule has 3 rings (SSSR count). The molecule has 0 spiro atoms. The fourth-order valence-corrected chi connectivity index (χ4v) is 5.11. The van der Waals surface area contributed by atoms with Crippen molar-refractivity contribution in [3.63, 3.8) is 0 Å². The summed E-state index contributed by atoms with van der Waals surface area (Å²) in [5.41, 5.74) is -2.58. The Labute approximate surface area is 291 Å². The number of anilines is 1. The molecule has 0 radical (unpaired) electrons. The number of nitrogens with zero attached hydrogens (tertiary/aromatic N) is 4. The van der Waals surface area contributed by atoms with Crippen LogP contribution in [0.4, 0.5) is 10.8 Å². The van der Waals surface area contributed by atoms with Gasteiger partial charge in [-0.3, -0.25) is 29.3 Å². The number of alkyl halides is 1. The minimum absolute atomic E-state index is 0. The van der Waals surface area contributed by atoms with E-state index in [1.54, 1.807) is 0 Å². The van der Waals surface area contributed by atoms with Crippen LogP contribution in [-0.4, -0.2) is 93.1 Å². The van der Waals surface area contributed by atoms with Crippen molar-refractivity contribution in [2.75, 3.05) is 18.2 Å². The molecule has 2 heterocycles. The molecule has 23 heteroatoms. The minimum atomic E-state index is -5.42. The Morgan fingerprint density at radius 3 is 2.39 bits per heavy atom. The van der Waals surface area contributed by atoms with Gasteiger partial charge in [0.25, 0.3) is 17.5 Å². The number of nitro benzene ring substituents is 1. The number of amides is 4. The number of carbonyl (C=O) groups is 5. The molecule has 242 valence electrons. The number of ether oxygens (including phenoxy) is 1. The van der Waals surface area contributed by atoms with Crippen molar-refractivity contribution in [1.82, 2.24) is 19.9 Å². The van der Waals surface area contributed by atoms with Gasteiger partial charge in [-0.15, -0.1) is 22.9 Å². The molecule has 1 saturated heterocycles. The number of esters is 1. The maximum Gasteiger partial charge on any atom is 1.00 e. The summed E-state index contributed by atoms with van der Waals surface area (Å²) in [6.45, 7) is 2.15. The molecule has 0 unspecified atom stereocenters. The number of aromatic nitrogens is 1. The Balaban J connectivity index is 0.00000736. The average molecular weight is 712 g/mol. The average Bonchev–Trinajstić information content (AvgIpc) is 3.43. The van der Waals surface area contributed by atoms with Gasteiger partial charge >= 0.3 is 35.5 Å². The van der Waals surface area contributed by atoms with Crippen LogP contribution in [0, 0.1) is 10.1 Å². The SMILES string of the molecule is CNC(=O)[C@@H]1[C@H](NC(=O)C(=NOC(C)(C)C(=O)OCc2ccc([N+](=O)[O-])cc2)c2csc(NC(=O)CCl)n2)C(=O)N1S(=O)(=O)[O-].[Na+]. The molecule has 2 aromatic rings. The smallest absolute Gasteiger partial charge is 0.731 e. The second-order valence-electron chi connectivity index (χ2n) is 9.36. The molecular weight excluding hydrogens is 689 g/mol. The van der Waals surface area contributed by atoms with Crippen LogP contribution < -0.4 is 45.5 Å². The number of nitro groups is 1. The van der Waals surface area contributed by atoms with Crippen molar-refractivity contribution >= 4 is 79.4 Å². The van der Waals surface area contributed by atoms with Gasteiger partial charge < -0.3 is 30.1 Å². The van der Waals surface area contributed by atoms with Crippen LogP contribution in [0.1, 0.15) is 25.1 Å². The van der Waals surface area contributed by atoms with Gasteiger partial charge in [-0.2, -0.15) is 0 Å². The Kier molecular flexibility index (Phi) is 13.1. The van der Waals surface area contributed by atoms with Gasteiger partial charge in [0, 0.05) is 24.6 Å². The van der Waals surface area contributed by atoms with Gasteiger partial charge in [0.05, 0.1) is 4.92 Å². The maximum absolute atomic E-state index is 13.3. The van der Waals surface area contributed by atoms with Gasteiger partial charge in [0.2, 0.25) is 17.4 Å². The molecule has 1 fully saturated rings. The molecule has 1 aliphatic heterocycles. The summed E-state index contributed by atoms with van der Waals surface area (Å²) in [6.07, 6.45) is 0. The number of hydrogen-bond acceptors (Lipinski definition) is 15. The summed E-state index contributed by atoms with van der Waals surface area (Å²) in [6, 6.07) is 1.43. The largest absolute Gasteiger partial charge is 1.00 e. The second-order valence-corrected chi connectivity index (χ2v) is 11.7. The zero-order valence-corrected chi connectivity index (χ0v) is 28.7. The van der Waals surface area contributed by atoms with E-state index in [0.29, 0.717) is 5.56 Å². The topological polar surface area (TPSA) is 269 Å². The molecule has 0 saturated carbocycles. The molecule has 0 bridgehead atoms. The molecule has 19 nitrogen and oxygen atoms in total. The first-order chi connectivity index (χ1) is 21.0. The second kappa shape index (κ2) is 15.7. The summed E-state index contributed by atoms with van der Waals surface area (Å²) < 4.78 is 39.5. The number of thiazole rings is 1. The van der Waals surface area contributed by atoms with Crippen molar-refractivity contribution in [3.8, 4) is 0 Å². The Hall–Kier alpha value is -3.73. The summed E-state index contributed by atoms with van der Waals surface area (Å²) in [5.74, 6) is -5.77. The Bertz CT molecular complexity index is 1670. The van der Waals surface area contributed by atoms with Crippen LogP contribution in [0.3, 0.4) is 0 Å². The zero-order valence-electron chi connectivity index (χ0n) is 24.3. The van der Waals surface area contributed by atoms with Crippen LogP contribution in [-0.2, 0) is 50.5 Å². The van der Waals surface area contributed by atoms with E-state index in [9.17, 15) is 47.1 Å². The van der Waals surface area contributed by atoms with Gasteiger partial charge in [-0.25, -0.2) is 22.5 Å². The zero-order chi connectivity index (χ0) is 33.7. The quantitative estimate of drug-likeness (QED) is 0.0265. The van der Waals surface area contributed by atoms with Crippen LogP contribution in [0.25, 0.3) is 0 Å². The van der Waals surface area contributed by atoms with Gasteiger partial charge in [-0.1, -0.05) is 5.16 Å². The van der Waals surface area contributed by atoms with Crippen LogP contribution in [0.2, 0.25) is 0 Å². The number of nitrogens with one attached hydrogen (secondary N) is 3. The van der Waals surface area contributed by atoms with Crippen molar-refractivity contribution < 1.29 is 81.0 Å². The number of β-lactam (4-membered cyclic amide) rings is 1. The van der Waals surface area contributed by atoms with E-state index < -0.39 is 74.1 Å². The maximum atomic E-state index is 13.3. The van der Waals surface area contributed by atoms with E-state index in [0.717, 1.165) is 18.4 Å². The third kappa shape index (κ3) is 9.18. The number of carbonyl (C=O) groups excluding carboxylic acids is 5. The Morgan fingerprint density at radius 1 is 1.22 bits per heavy atom. The third-order valence-corrected chi connectivity index (χ3v) is 7.69. The normalized spacial score (nSPS) is 16.3. The molecule has 1 aromatic heterocycles. The minimum Gasteiger partial charge on any atom is -0.731 e. The van der Waals surface area contributed by atoms with E-state index in [2.05, 4.69) is 26.1 Å². The van der Waals surface area contributed by atoms with Crippen LogP contribution in [0.5, 0.6) is 0 Å². The molecule has 0 aliphatic carbocycles. The fourth-order valence-electron chi connectivity index (χ4n) is 3.50. The predicted octanol–water partition coefficient (Wildman–Crippen LogP) is -3.62.